The van der Waals surface area contributed by atoms with Gasteiger partial charge in [-0.05, 0) is 50.4 Å². The third-order valence-corrected chi connectivity index (χ3v) is 4.53. The summed E-state index contributed by atoms with van der Waals surface area (Å²) in [6, 6.07) is 1.38. The zero-order chi connectivity index (χ0) is 16.6. The molecular weight excluding hydrogens is 314 g/mol. The maximum atomic E-state index is 13.5. The van der Waals surface area contributed by atoms with Crippen LogP contribution in [0.3, 0.4) is 0 Å². The molecule has 1 N–H and O–H groups in total. The van der Waals surface area contributed by atoms with Gasteiger partial charge in [0.25, 0.3) is 5.91 Å². The minimum absolute atomic E-state index is 0.0790. The van der Waals surface area contributed by atoms with E-state index in [9.17, 15) is 22.4 Å². The van der Waals surface area contributed by atoms with Gasteiger partial charge in [0.05, 0.1) is 0 Å². The van der Waals surface area contributed by atoms with E-state index in [1.807, 2.05) is 0 Å². The number of carbonyl (C=O) groups excluding carboxylic acids is 1. The predicted octanol–water partition coefficient (Wildman–Crippen LogP) is 2.45. The minimum Gasteiger partial charge on any atom is -0.347 e. The molecule has 3 fully saturated rings. The van der Waals surface area contributed by atoms with Crippen LogP contribution in [-0.2, 0) is 6.18 Å². The summed E-state index contributed by atoms with van der Waals surface area (Å²) in [4.78, 5) is 17.6. The van der Waals surface area contributed by atoms with Gasteiger partial charge >= 0.3 is 6.18 Å². The summed E-state index contributed by atoms with van der Waals surface area (Å²) in [5.74, 6) is -1.75. The Morgan fingerprint density at radius 1 is 1.26 bits per heavy atom. The van der Waals surface area contributed by atoms with Gasteiger partial charge in [0.15, 0.2) is 0 Å². The van der Waals surface area contributed by atoms with Crippen LogP contribution < -0.4 is 5.32 Å². The highest BCUT2D eigenvalue weighted by atomic mass is 19.4. The highest BCUT2D eigenvalue weighted by molar-refractivity contribution is 5.92. The molecule has 4 heterocycles. The molecule has 1 aromatic rings. The lowest BCUT2D eigenvalue weighted by Gasteiger charge is -2.26. The van der Waals surface area contributed by atoms with Gasteiger partial charge < -0.3 is 10.2 Å². The second-order valence-electron chi connectivity index (χ2n) is 6.18. The highest BCUT2D eigenvalue weighted by Gasteiger charge is 2.35. The molecule has 0 spiro atoms. The Kier molecular flexibility index (Phi) is 4.27. The molecule has 3 saturated heterocycles. The van der Waals surface area contributed by atoms with Crippen molar-refractivity contribution in [2.24, 2.45) is 5.92 Å². The summed E-state index contributed by atoms with van der Waals surface area (Å²) < 4.78 is 51.0. The van der Waals surface area contributed by atoms with Crippen molar-refractivity contribution < 1.29 is 22.4 Å². The number of pyridine rings is 1. The number of aromatic nitrogens is 1. The number of amides is 1. The topological polar surface area (TPSA) is 45.2 Å². The molecule has 0 saturated carbocycles. The standard InChI is InChI=1S/C15H17F4N3O/c16-13-11(15(17,18)19)1-2-12(21-13)14(23)20-10-7-9-3-5-22(8-10)6-4-9/h1-2,9-10H,3-8H2,(H,20,23)/t10-/m1/s1. The third-order valence-electron chi connectivity index (χ3n) is 4.53. The lowest BCUT2D eigenvalue weighted by molar-refractivity contribution is -0.140. The summed E-state index contributed by atoms with van der Waals surface area (Å²) in [6.07, 6.45) is -1.79. The predicted molar refractivity (Wildman–Crippen MR) is 74.2 cm³/mol. The van der Waals surface area contributed by atoms with E-state index in [1.165, 1.54) is 0 Å². The van der Waals surface area contributed by atoms with Crippen LogP contribution in [0, 0.1) is 11.9 Å². The number of hydrogen-bond donors (Lipinski definition) is 1. The van der Waals surface area contributed by atoms with Crippen molar-refractivity contribution in [1.82, 2.24) is 15.2 Å². The lowest BCUT2D eigenvalue weighted by Crippen LogP contribution is -2.42. The second kappa shape index (κ2) is 6.07. The number of alkyl halides is 3. The molecule has 23 heavy (non-hydrogen) atoms. The quantitative estimate of drug-likeness (QED) is 0.669. The molecule has 0 radical (unpaired) electrons. The molecule has 0 unspecified atom stereocenters. The monoisotopic (exact) mass is 331 g/mol. The third kappa shape index (κ3) is 3.63. The van der Waals surface area contributed by atoms with Crippen LogP contribution in [0.25, 0.3) is 0 Å². The van der Waals surface area contributed by atoms with Crippen molar-refractivity contribution in [3.63, 3.8) is 0 Å². The van der Waals surface area contributed by atoms with Crippen LogP contribution in [0.1, 0.15) is 35.3 Å². The van der Waals surface area contributed by atoms with Gasteiger partial charge in [0.2, 0.25) is 5.95 Å². The number of halogens is 4. The van der Waals surface area contributed by atoms with Gasteiger partial charge in [-0.25, -0.2) is 4.98 Å². The van der Waals surface area contributed by atoms with Crippen molar-refractivity contribution in [2.75, 3.05) is 19.6 Å². The van der Waals surface area contributed by atoms with Crippen LogP contribution in [0.5, 0.6) is 0 Å². The molecule has 4 rings (SSSR count). The van der Waals surface area contributed by atoms with E-state index in [4.69, 9.17) is 0 Å². The second-order valence-corrected chi connectivity index (χ2v) is 6.18. The summed E-state index contributed by atoms with van der Waals surface area (Å²) in [6.45, 7) is 2.72. The molecule has 126 valence electrons. The number of carbonyl (C=O) groups is 1. The molecule has 2 bridgehead atoms. The highest BCUT2D eigenvalue weighted by Crippen LogP contribution is 2.30. The summed E-state index contributed by atoms with van der Waals surface area (Å²) >= 11 is 0. The average molecular weight is 331 g/mol. The van der Waals surface area contributed by atoms with Gasteiger partial charge in [0.1, 0.15) is 11.3 Å². The fourth-order valence-corrected chi connectivity index (χ4v) is 3.33. The Hall–Kier alpha value is -1.70. The maximum Gasteiger partial charge on any atom is 0.420 e. The van der Waals surface area contributed by atoms with E-state index in [0.29, 0.717) is 18.5 Å². The number of fused-ring (bicyclic) bond motifs is 4. The Labute approximate surface area is 130 Å². The molecule has 3 aliphatic rings. The Morgan fingerprint density at radius 2 is 1.96 bits per heavy atom. The fourth-order valence-electron chi connectivity index (χ4n) is 3.33. The number of piperidine rings is 1. The van der Waals surface area contributed by atoms with E-state index >= 15 is 0 Å². The van der Waals surface area contributed by atoms with Crippen LogP contribution in [0.2, 0.25) is 0 Å². The van der Waals surface area contributed by atoms with Gasteiger partial charge in [-0.2, -0.15) is 17.6 Å². The molecule has 3 aliphatic heterocycles. The molecule has 1 atom stereocenters. The lowest BCUT2D eigenvalue weighted by atomic mass is 9.94. The Bertz CT molecular complexity index is 583. The summed E-state index contributed by atoms with van der Waals surface area (Å²) in [7, 11) is 0. The zero-order valence-corrected chi connectivity index (χ0v) is 12.4. The smallest absolute Gasteiger partial charge is 0.347 e. The van der Waals surface area contributed by atoms with Crippen molar-refractivity contribution in [1.29, 1.82) is 0 Å². The number of hydrogen-bond acceptors (Lipinski definition) is 3. The van der Waals surface area contributed by atoms with Crippen LogP contribution >= 0.6 is 0 Å². The maximum absolute atomic E-state index is 13.5. The van der Waals surface area contributed by atoms with Crippen LogP contribution in [0.4, 0.5) is 17.6 Å². The first-order valence-electron chi connectivity index (χ1n) is 7.60. The van der Waals surface area contributed by atoms with Crippen LogP contribution in [-0.4, -0.2) is 41.5 Å². The van der Waals surface area contributed by atoms with E-state index < -0.39 is 23.6 Å². The van der Waals surface area contributed by atoms with E-state index in [2.05, 4.69) is 15.2 Å². The van der Waals surface area contributed by atoms with Gasteiger partial charge in [-0.1, -0.05) is 0 Å². The molecule has 0 aliphatic carbocycles. The van der Waals surface area contributed by atoms with Gasteiger partial charge in [0, 0.05) is 12.6 Å². The van der Waals surface area contributed by atoms with Crippen molar-refractivity contribution in [3.05, 3.63) is 29.3 Å². The largest absolute Gasteiger partial charge is 0.420 e. The van der Waals surface area contributed by atoms with E-state index in [1.54, 1.807) is 0 Å². The zero-order valence-electron chi connectivity index (χ0n) is 12.4. The first-order chi connectivity index (χ1) is 10.8. The molecule has 0 aromatic carbocycles. The fraction of sp³-hybridized carbons (Fsp3) is 0.600. The average Bonchev–Trinajstić information content (AvgIpc) is 2.77. The van der Waals surface area contributed by atoms with Gasteiger partial charge in [-0.3, -0.25) is 4.79 Å². The SMILES string of the molecule is O=C(N[C@@H]1CC2CCN(CC2)C1)c1ccc(C(F)(F)F)c(F)n1. The number of nitrogens with zero attached hydrogens (tertiary/aromatic N) is 2. The first kappa shape index (κ1) is 16.2. The minimum atomic E-state index is -4.82. The van der Waals surface area contributed by atoms with E-state index in [-0.39, 0.29) is 11.7 Å². The molecule has 8 heteroatoms. The molecular formula is C15H17F4N3O. The van der Waals surface area contributed by atoms with Crippen molar-refractivity contribution in [2.45, 2.75) is 31.5 Å². The van der Waals surface area contributed by atoms with E-state index in [0.717, 1.165) is 38.4 Å². The normalized spacial score (nSPS) is 27.6. The van der Waals surface area contributed by atoms with Gasteiger partial charge in [-0.15, -0.1) is 0 Å². The van der Waals surface area contributed by atoms with Crippen molar-refractivity contribution >= 4 is 5.91 Å². The van der Waals surface area contributed by atoms with Crippen LogP contribution in [0.15, 0.2) is 12.1 Å². The Morgan fingerprint density at radius 3 is 2.57 bits per heavy atom. The number of rotatable bonds is 2. The molecule has 1 amide bonds. The Balaban J connectivity index is 1.70. The molecule has 1 aromatic heterocycles. The number of nitrogens with one attached hydrogen (secondary N) is 1. The summed E-state index contributed by atoms with van der Waals surface area (Å²) in [5, 5.41) is 2.77. The molecule has 4 nitrogen and oxygen atoms in total. The first-order valence-corrected chi connectivity index (χ1v) is 7.60. The van der Waals surface area contributed by atoms with Crippen molar-refractivity contribution in [3.8, 4) is 0 Å². The summed E-state index contributed by atoms with van der Waals surface area (Å²) in [5.41, 5.74) is -1.80.